The fourth-order valence-corrected chi connectivity index (χ4v) is 2.51. The van der Waals surface area contributed by atoms with Crippen LogP contribution in [0.3, 0.4) is 0 Å². The number of aromatic nitrogens is 1. The van der Waals surface area contributed by atoms with Crippen LogP contribution in [-0.4, -0.2) is 14.3 Å². The lowest BCUT2D eigenvalue weighted by Gasteiger charge is -2.26. The van der Waals surface area contributed by atoms with Crippen LogP contribution in [0.2, 0.25) is 0 Å². The summed E-state index contributed by atoms with van der Waals surface area (Å²) in [7, 11) is 0. The van der Waals surface area contributed by atoms with Crippen molar-refractivity contribution in [2.45, 2.75) is 57.2 Å². The van der Waals surface area contributed by atoms with Gasteiger partial charge in [-0.15, -0.1) is 4.72 Å². The van der Waals surface area contributed by atoms with Gasteiger partial charge in [0, 0.05) is 29.2 Å². The zero-order chi connectivity index (χ0) is 13.3. The van der Waals surface area contributed by atoms with Crippen LogP contribution in [0.1, 0.15) is 63.8 Å². The SMILES string of the molecule is C[C@H](N[S+]([O-])C(C)(C)C)c1ccc(C2CC2)nc1. The van der Waals surface area contributed by atoms with Crippen LogP contribution >= 0.6 is 0 Å². The number of hydrogen-bond acceptors (Lipinski definition) is 3. The maximum absolute atomic E-state index is 12.0. The van der Waals surface area contributed by atoms with Crippen molar-refractivity contribution in [2.24, 2.45) is 0 Å². The minimum atomic E-state index is -1.05. The molecule has 1 aliphatic rings. The van der Waals surface area contributed by atoms with Crippen LogP contribution in [-0.2, 0) is 11.4 Å². The topological polar surface area (TPSA) is 48.0 Å². The van der Waals surface area contributed by atoms with Crippen molar-refractivity contribution >= 4 is 11.4 Å². The van der Waals surface area contributed by atoms with Gasteiger partial charge < -0.3 is 4.55 Å². The van der Waals surface area contributed by atoms with Crippen LogP contribution in [0.4, 0.5) is 0 Å². The summed E-state index contributed by atoms with van der Waals surface area (Å²) in [6.07, 6.45) is 4.45. The highest BCUT2D eigenvalue weighted by atomic mass is 32.2. The van der Waals surface area contributed by atoms with E-state index in [1.165, 1.54) is 18.5 Å². The molecule has 0 amide bonds. The normalized spacial score (nSPS) is 19.6. The molecule has 3 nitrogen and oxygen atoms in total. The molecule has 0 aromatic carbocycles. The molecule has 100 valence electrons. The average molecular weight is 266 g/mol. The lowest BCUT2D eigenvalue weighted by atomic mass is 10.1. The molecule has 0 bridgehead atoms. The van der Waals surface area contributed by atoms with Crippen molar-refractivity contribution in [1.29, 1.82) is 0 Å². The second-order valence-corrected chi connectivity index (χ2v) is 8.01. The molecule has 0 aliphatic heterocycles. The third-order valence-electron chi connectivity index (χ3n) is 3.14. The average Bonchev–Trinajstić information content (AvgIpc) is 3.11. The Bertz CT molecular complexity index is 395. The molecule has 1 aromatic heterocycles. The lowest BCUT2D eigenvalue weighted by molar-refractivity contribution is 0.531. The Morgan fingerprint density at radius 3 is 2.50 bits per heavy atom. The van der Waals surface area contributed by atoms with Crippen LogP contribution in [0.25, 0.3) is 0 Å². The third kappa shape index (κ3) is 3.46. The monoisotopic (exact) mass is 266 g/mol. The fourth-order valence-electron chi connectivity index (χ4n) is 1.70. The van der Waals surface area contributed by atoms with Gasteiger partial charge in [-0.3, -0.25) is 4.98 Å². The molecule has 1 N–H and O–H groups in total. The summed E-state index contributed by atoms with van der Waals surface area (Å²) < 4.78 is 14.9. The van der Waals surface area contributed by atoms with Gasteiger partial charge in [0.05, 0.1) is 6.04 Å². The molecular formula is C14H22N2OS. The molecule has 2 atom stereocenters. The van der Waals surface area contributed by atoms with Crippen LogP contribution in [0.5, 0.6) is 0 Å². The molecule has 0 radical (unpaired) electrons. The summed E-state index contributed by atoms with van der Waals surface area (Å²) in [6.45, 7) is 7.93. The first-order valence-electron chi connectivity index (χ1n) is 6.52. The molecule has 1 heterocycles. The van der Waals surface area contributed by atoms with Crippen molar-refractivity contribution in [3.8, 4) is 0 Å². The molecule has 1 unspecified atom stereocenters. The second kappa shape index (κ2) is 5.19. The fraction of sp³-hybridized carbons (Fsp3) is 0.643. The summed E-state index contributed by atoms with van der Waals surface area (Å²) in [5, 5.41) is 0. The standard InChI is InChI=1S/C14H22N2OS/c1-10(16-18(17)14(2,3)4)12-7-8-13(15-9-12)11-5-6-11/h7-11,16H,5-6H2,1-4H3/t10-,18?/m0/s1. The van der Waals surface area contributed by atoms with E-state index in [0.717, 1.165) is 5.56 Å². The quantitative estimate of drug-likeness (QED) is 0.852. The van der Waals surface area contributed by atoms with Crippen molar-refractivity contribution < 1.29 is 4.55 Å². The largest absolute Gasteiger partial charge is 0.598 e. The van der Waals surface area contributed by atoms with Gasteiger partial charge in [0.1, 0.15) is 4.75 Å². The van der Waals surface area contributed by atoms with E-state index in [1.54, 1.807) is 0 Å². The summed E-state index contributed by atoms with van der Waals surface area (Å²) >= 11 is -1.05. The maximum Gasteiger partial charge on any atom is 0.136 e. The van der Waals surface area contributed by atoms with Gasteiger partial charge >= 0.3 is 0 Å². The molecule has 1 saturated carbocycles. The molecule has 0 saturated heterocycles. The molecule has 1 fully saturated rings. The van der Waals surface area contributed by atoms with E-state index in [9.17, 15) is 4.55 Å². The Labute approximate surface area is 113 Å². The first-order chi connectivity index (χ1) is 8.38. The van der Waals surface area contributed by atoms with Crippen LogP contribution < -0.4 is 4.72 Å². The van der Waals surface area contributed by atoms with E-state index in [0.29, 0.717) is 5.92 Å². The van der Waals surface area contributed by atoms with E-state index >= 15 is 0 Å². The zero-order valence-electron chi connectivity index (χ0n) is 11.6. The molecule has 18 heavy (non-hydrogen) atoms. The van der Waals surface area contributed by atoms with E-state index in [1.807, 2.05) is 33.9 Å². The van der Waals surface area contributed by atoms with Crippen molar-refractivity contribution in [3.63, 3.8) is 0 Å². The van der Waals surface area contributed by atoms with Crippen molar-refractivity contribution in [3.05, 3.63) is 29.6 Å². The predicted molar refractivity (Wildman–Crippen MR) is 75.7 cm³/mol. The minimum Gasteiger partial charge on any atom is -0.598 e. The van der Waals surface area contributed by atoms with Crippen LogP contribution in [0, 0.1) is 0 Å². The summed E-state index contributed by atoms with van der Waals surface area (Å²) in [5.74, 6) is 0.686. The number of nitrogens with zero attached hydrogens (tertiary/aromatic N) is 1. The zero-order valence-corrected chi connectivity index (χ0v) is 12.4. The molecular weight excluding hydrogens is 244 g/mol. The van der Waals surface area contributed by atoms with Crippen molar-refractivity contribution in [2.75, 3.05) is 0 Å². The Kier molecular flexibility index (Phi) is 3.99. The summed E-state index contributed by atoms with van der Waals surface area (Å²) in [6, 6.07) is 4.26. The van der Waals surface area contributed by atoms with Gasteiger partial charge in [-0.05, 0) is 52.2 Å². The van der Waals surface area contributed by atoms with Gasteiger partial charge in [0.15, 0.2) is 0 Å². The number of pyridine rings is 1. The van der Waals surface area contributed by atoms with E-state index < -0.39 is 11.4 Å². The molecule has 2 rings (SSSR count). The molecule has 1 aliphatic carbocycles. The van der Waals surface area contributed by atoms with E-state index in [-0.39, 0.29) is 10.8 Å². The number of hydrogen-bond donors (Lipinski definition) is 1. The Balaban J connectivity index is 1.97. The van der Waals surface area contributed by atoms with Crippen LogP contribution in [0.15, 0.2) is 18.3 Å². The van der Waals surface area contributed by atoms with E-state index in [2.05, 4.69) is 21.8 Å². The second-order valence-electron chi connectivity index (χ2n) is 6.01. The van der Waals surface area contributed by atoms with Gasteiger partial charge in [0.25, 0.3) is 0 Å². The summed E-state index contributed by atoms with van der Waals surface area (Å²) in [4.78, 5) is 4.49. The van der Waals surface area contributed by atoms with Gasteiger partial charge in [-0.1, -0.05) is 6.07 Å². The number of rotatable bonds is 4. The Hall–Kier alpha value is -0.580. The van der Waals surface area contributed by atoms with Gasteiger partial charge in [-0.25, -0.2) is 0 Å². The smallest absolute Gasteiger partial charge is 0.136 e. The third-order valence-corrected chi connectivity index (χ3v) is 4.82. The first kappa shape index (κ1) is 13.8. The highest BCUT2D eigenvalue weighted by Gasteiger charge is 2.29. The minimum absolute atomic E-state index is 0.0609. The lowest BCUT2D eigenvalue weighted by Crippen LogP contribution is -2.40. The van der Waals surface area contributed by atoms with Gasteiger partial charge in [-0.2, -0.15) is 0 Å². The van der Waals surface area contributed by atoms with E-state index in [4.69, 9.17) is 0 Å². The summed E-state index contributed by atoms with van der Waals surface area (Å²) in [5.41, 5.74) is 2.29. The first-order valence-corrected chi connectivity index (χ1v) is 7.67. The molecule has 0 spiro atoms. The Morgan fingerprint density at radius 2 is 2.06 bits per heavy atom. The highest BCUT2D eigenvalue weighted by molar-refractivity contribution is 7.90. The molecule has 4 heteroatoms. The van der Waals surface area contributed by atoms with Crippen molar-refractivity contribution in [1.82, 2.24) is 9.71 Å². The Morgan fingerprint density at radius 1 is 1.39 bits per heavy atom. The van der Waals surface area contributed by atoms with Gasteiger partial charge in [0.2, 0.25) is 0 Å². The maximum atomic E-state index is 12.0. The number of nitrogens with one attached hydrogen (secondary N) is 1. The molecule has 1 aromatic rings. The highest BCUT2D eigenvalue weighted by Crippen LogP contribution is 2.38. The predicted octanol–water partition coefficient (Wildman–Crippen LogP) is 3.07.